The van der Waals surface area contributed by atoms with Gasteiger partial charge >= 0.3 is 0 Å². The van der Waals surface area contributed by atoms with Gasteiger partial charge in [0, 0.05) is 70.4 Å². The molecule has 222 valence electrons. The number of para-hydroxylation sites is 1. The average molecular weight is 578 g/mol. The minimum atomic E-state index is -0.195. The van der Waals surface area contributed by atoms with Crippen molar-refractivity contribution in [2.45, 2.75) is 56.5 Å². The van der Waals surface area contributed by atoms with E-state index in [2.05, 4.69) is 45.3 Å². The molecule has 0 unspecified atom stereocenters. The summed E-state index contributed by atoms with van der Waals surface area (Å²) in [6.45, 7) is 0.690. The number of likely N-dealkylation sites (N-methyl/N-ethyl adjacent to an activating group) is 1. The Kier molecular flexibility index (Phi) is 8.51. The molecule has 0 saturated heterocycles. The zero-order valence-corrected chi connectivity index (χ0v) is 24.8. The van der Waals surface area contributed by atoms with Gasteiger partial charge in [-0.25, -0.2) is 9.97 Å². The largest absolute Gasteiger partial charge is 0.360 e. The zero-order chi connectivity index (χ0) is 29.8. The smallest absolute Gasteiger partial charge is 0.251 e. The SMILES string of the molecule is CN(C)CC=CC(=O)Nc1ccc(C(=O)N[C@H]2CCC[C@@H](Nc3ncc(C4CC4)c(-c4c[nH]c5ccccc45)n3)C2)cc1. The second-order valence-corrected chi connectivity index (χ2v) is 11.9. The second-order valence-electron chi connectivity index (χ2n) is 11.9. The van der Waals surface area contributed by atoms with Gasteiger partial charge < -0.3 is 25.8 Å². The highest BCUT2D eigenvalue weighted by Gasteiger charge is 2.30. The monoisotopic (exact) mass is 577 g/mol. The molecule has 4 aromatic rings. The maximum Gasteiger partial charge on any atom is 0.251 e. The fourth-order valence-electron chi connectivity index (χ4n) is 5.80. The fraction of sp³-hybridized carbons (Fsp3) is 0.353. The van der Waals surface area contributed by atoms with Crippen LogP contribution in [0.4, 0.5) is 11.6 Å². The van der Waals surface area contributed by atoms with Crippen molar-refractivity contribution in [3.05, 3.63) is 84.2 Å². The summed E-state index contributed by atoms with van der Waals surface area (Å²) in [4.78, 5) is 40.3. The summed E-state index contributed by atoms with van der Waals surface area (Å²) in [6.07, 6.45) is 13.5. The molecule has 9 nitrogen and oxygen atoms in total. The van der Waals surface area contributed by atoms with Gasteiger partial charge in [0.1, 0.15) is 0 Å². The molecule has 2 aromatic carbocycles. The number of hydrogen-bond donors (Lipinski definition) is 4. The van der Waals surface area contributed by atoms with Gasteiger partial charge in [-0.1, -0.05) is 24.3 Å². The van der Waals surface area contributed by atoms with Crippen LogP contribution in [0.3, 0.4) is 0 Å². The van der Waals surface area contributed by atoms with Crippen molar-refractivity contribution in [1.29, 1.82) is 0 Å². The third kappa shape index (κ3) is 7.11. The van der Waals surface area contributed by atoms with E-state index in [4.69, 9.17) is 9.97 Å². The van der Waals surface area contributed by atoms with Gasteiger partial charge in [-0.2, -0.15) is 0 Å². The van der Waals surface area contributed by atoms with Gasteiger partial charge in [-0.3, -0.25) is 9.59 Å². The number of rotatable bonds is 10. The summed E-state index contributed by atoms with van der Waals surface area (Å²) in [6, 6.07) is 15.5. The Morgan fingerprint density at radius 3 is 2.60 bits per heavy atom. The summed E-state index contributed by atoms with van der Waals surface area (Å²) in [5.74, 6) is 0.860. The Labute approximate surface area is 252 Å². The number of fused-ring (bicyclic) bond motifs is 1. The van der Waals surface area contributed by atoms with Gasteiger partial charge in [0.2, 0.25) is 11.9 Å². The lowest BCUT2D eigenvalue weighted by molar-refractivity contribution is -0.111. The number of carbonyl (C=O) groups excluding carboxylic acids is 2. The highest BCUT2D eigenvalue weighted by atomic mass is 16.2. The number of H-pyrrole nitrogens is 1. The third-order valence-electron chi connectivity index (χ3n) is 8.18. The van der Waals surface area contributed by atoms with Crippen molar-refractivity contribution < 1.29 is 9.59 Å². The maximum atomic E-state index is 13.0. The third-order valence-corrected chi connectivity index (χ3v) is 8.18. The van der Waals surface area contributed by atoms with Crippen LogP contribution < -0.4 is 16.0 Å². The molecule has 2 aliphatic rings. The second kappa shape index (κ2) is 12.8. The molecule has 0 bridgehead atoms. The van der Waals surface area contributed by atoms with Gasteiger partial charge in [0.05, 0.1) is 5.69 Å². The summed E-state index contributed by atoms with van der Waals surface area (Å²) >= 11 is 0. The van der Waals surface area contributed by atoms with E-state index in [1.54, 1.807) is 24.3 Å². The van der Waals surface area contributed by atoms with Crippen LogP contribution in [-0.2, 0) is 4.79 Å². The van der Waals surface area contributed by atoms with Crippen molar-refractivity contribution >= 4 is 34.4 Å². The molecule has 6 rings (SSSR count). The Morgan fingerprint density at radius 2 is 1.81 bits per heavy atom. The summed E-state index contributed by atoms with van der Waals surface area (Å²) in [5, 5.41) is 10.8. The lowest BCUT2D eigenvalue weighted by atomic mass is 9.91. The minimum absolute atomic E-state index is 0.0544. The Morgan fingerprint density at radius 1 is 1.02 bits per heavy atom. The van der Waals surface area contributed by atoms with Crippen LogP contribution in [0, 0.1) is 0 Å². The Hall–Kier alpha value is -4.50. The van der Waals surface area contributed by atoms with Crippen molar-refractivity contribution in [2.75, 3.05) is 31.3 Å². The van der Waals surface area contributed by atoms with E-state index >= 15 is 0 Å². The van der Waals surface area contributed by atoms with Gasteiger partial charge in [0.25, 0.3) is 5.91 Å². The van der Waals surface area contributed by atoms with Crippen LogP contribution in [0.1, 0.15) is 60.4 Å². The van der Waals surface area contributed by atoms with E-state index in [-0.39, 0.29) is 23.9 Å². The van der Waals surface area contributed by atoms with Crippen LogP contribution in [0.25, 0.3) is 22.2 Å². The van der Waals surface area contributed by atoms with Crippen LogP contribution in [0.2, 0.25) is 0 Å². The van der Waals surface area contributed by atoms with Gasteiger partial charge in [-0.15, -0.1) is 0 Å². The fourth-order valence-corrected chi connectivity index (χ4v) is 5.80. The highest BCUT2D eigenvalue weighted by Crippen LogP contribution is 2.45. The number of nitrogens with zero attached hydrogens (tertiary/aromatic N) is 3. The molecule has 0 radical (unpaired) electrons. The molecule has 2 fully saturated rings. The molecule has 0 spiro atoms. The standard InChI is InChI=1S/C34H39N7O2/c1-41(2)18-6-11-31(42)37-24-16-14-23(15-17-24)33(43)38-25-7-5-8-26(19-25)39-34-36-20-28(22-12-13-22)32(40-34)29-21-35-30-10-4-3-9-27(29)30/h3-4,6,9-11,14-17,20-22,25-26,35H,5,7-8,12-13,18-19H2,1-2H3,(H,37,42)(H,38,43)(H,36,39,40)/t25-,26+/m0/s1. The summed E-state index contributed by atoms with van der Waals surface area (Å²) in [5.41, 5.74) is 5.66. The molecule has 2 saturated carbocycles. The van der Waals surface area contributed by atoms with Crippen molar-refractivity contribution in [3.8, 4) is 11.3 Å². The molecular formula is C34H39N7O2. The normalized spacial score (nSPS) is 18.7. The first kappa shape index (κ1) is 28.6. The molecule has 9 heteroatoms. The Bertz CT molecular complexity index is 1620. The molecule has 43 heavy (non-hydrogen) atoms. The average Bonchev–Trinajstić information content (AvgIpc) is 3.75. The lowest BCUT2D eigenvalue weighted by Crippen LogP contribution is -2.42. The lowest BCUT2D eigenvalue weighted by Gasteiger charge is -2.30. The van der Waals surface area contributed by atoms with E-state index in [0.717, 1.165) is 42.5 Å². The molecule has 4 N–H and O–H groups in total. The van der Waals surface area contributed by atoms with Crippen molar-refractivity contribution in [2.24, 2.45) is 0 Å². The molecule has 2 aromatic heterocycles. The Balaban J connectivity index is 1.07. The van der Waals surface area contributed by atoms with Crippen molar-refractivity contribution in [3.63, 3.8) is 0 Å². The number of nitrogens with one attached hydrogen (secondary N) is 4. The zero-order valence-electron chi connectivity index (χ0n) is 24.8. The molecule has 2 amide bonds. The number of anilines is 2. The quantitative estimate of drug-likeness (QED) is 0.180. The number of aromatic nitrogens is 3. The predicted molar refractivity (Wildman–Crippen MR) is 171 cm³/mol. The van der Waals surface area contributed by atoms with Crippen molar-refractivity contribution in [1.82, 2.24) is 25.2 Å². The first-order valence-corrected chi connectivity index (χ1v) is 15.2. The maximum absolute atomic E-state index is 13.0. The minimum Gasteiger partial charge on any atom is -0.360 e. The molecule has 2 heterocycles. The number of benzene rings is 2. The van der Waals surface area contributed by atoms with E-state index in [1.165, 1.54) is 29.9 Å². The first-order chi connectivity index (χ1) is 20.9. The predicted octanol–water partition coefficient (Wildman–Crippen LogP) is 5.71. The van der Waals surface area contributed by atoms with Gasteiger partial charge in [-0.05, 0) is 88.9 Å². The van der Waals surface area contributed by atoms with Crippen LogP contribution in [-0.4, -0.2) is 64.4 Å². The summed E-state index contributed by atoms with van der Waals surface area (Å²) < 4.78 is 0. The topological polar surface area (TPSA) is 115 Å². The number of amides is 2. The van der Waals surface area contributed by atoms with E-state index in [0.29, 0.717) is 29.7 Å². The van der Waals surface area contributed by atoms with Crippen LogP contribution >= 0.6 is 0 Å². The molecule has 2 atom stereocenters. The number of hydrogen-bond acceptors (Lipinski definition) is 6. The highest BCUT2D eigenvalue weighted by molar-refractivity contribution is 6.00. The molecule has 2 aliphatic carbocycles. The van der Waals surface area contributed by atoms with E-state index < -0.39 is 0 Å². The molecule has 0 aliphatic heterocycles. The van der Waals surface area contributed by atoms with Crippen LogP contribution in [0.15, 0.2) is 73.1 Å². The van der Waals surface area contributed by atoms with Crippen LogP contribution in [0.5, 0.6) is 0 Å². The van der Waals surface area contributed by atoms with Gasteiger partial charge in [0.15, 0.2) is 0 Å². The van der Waals surface area contributed by atoms with E-state index in [1.807, 2.05) is 37.3 Å². The first-order valence-electron chi connectivity index (χ1n) is 15.2. The van der Waals surface area contributed by atoms with E-state index in [9.17, 15) is 9.59 Å². The summed E-state index contributed by atoms with van der Waals surface area (Å²) in [7, 11) is 3.89. The number of aromatic amines is 1. The number of carbonyl (C=O) groups is 2. The molecular weight excluding hydrogens is 538 g/mol.